The number of hydrogen-bond acceptors (Lipinski definition) is 5. The molecule has 0 fully saturated rings. The summed E-state index contributed by atoms with van der Waals surface area (Å²) >= 11 is 7.06. The number of tetrazole rings is 1. The van der Waals surface area contributed by atoms with Crippen molar-refractivity contribution in [3.05, 3.63) is 26.6 Å². The normalized spacial score (nSPS) is 10.9. The number of aryl methyl sites for hydroxylation is 1. The van der Waals surface area contributed by atoms with Gasteiger partial charge >= 0.3 is 0 Å². The van der Waals surface area contributed by atoms with E-state index in [1.165, 1.54) is 0 Å². The highest BCUT2D eigenvalue weighted by Crippen LogP contribution is 2.35. The molecule has 0 amide bonds. The first kappa shape index (κ1) is 15.2. The minimum absolute atomic E-state index is 0.122. The Bertz CT molecular complexity index is 576. The van der Waals surface area contributed by atoms with Gasteiger partial charge in [-0.3, -0.25) is 0 Å². The van der Waals surface area contributed by atoms with Crippen LogP contribution in [-0.4, -0.2) is 26.3 Å². The molecule has 1 N–H and O–H groups in total. The number of nitrogens with one attached hydrogen (secondary N) is 1. The number of rotatable bonds is 5. The van der Waals surface area contributed by atoms with Crippen molar-refractivity contribution in [1.82, 2.24) is 20.2 Å². The van der Waals surface area contributed by atoms with Crippen molar-refractivity contribution in [2.75, 3.05) is 5.32 Å². The summed E-state index contributed by atoms with van der Waals surface area (Å²) < 4.78 is 9.15. The maximum absolute atomic E-state index is 5.75. The molecule has 0 aliphatic carbocycles. The summed E-state index contributed by atoms with van der Waals surface area (Å²) in [5.74, 6) is 1.43. The maximum Gasteiger partial charge on any atom is 0.242 e. The van der Waals surface area contributed by atoms with E-state index in [2.05, 4.69) is 52.7 Å². The lowest BCUT2D eigenvalue weighted by atomic mass is 10.2. The average Bonchev–Trinajstić information content (AvgIpc) is 2.77. The number of nitrogens with zero attached hydrogens (tertiary/aromatic N) is 4. The molecule has 8 heteroatoms. The molecule has 2 aromatic rings. The van der Waals surface area contributed by atoms with Gasteiger partial charge < -0.3 is 10.1 Å². The second-order valence-corrected chi connectivity index (χ2v) is 6.24. The second kappa shape index (κ2) is 6.53. The van der Waals surface area contributed by atoms with Crippen LogP contribution in [0, 0.1) is 0 Å². The maximum atomic E-state index is 5.75. The Morgan fingerprint density at radius 2 is 1.95 bits per heavy atom. The molecule has 1 aromatic heterocycles. The number of benzene rings is 1. The zero-order chi connectivity index (χ0) is 14.7. The SMILES string of the molecule is CC(C)Oc1c(Br)cc(CNc2nnnn2C)cc1Br. The zero-order valence-electron chi connectivity index (χ0n) is 11.4. The Kier molecular flexibility index (Phi) is 4.98. The van der Waals surface area contributed by atoms with Gasteiger partial charge in [0.25, 0.3) is 0 Å². The lowest BCUT2D eigenvalue weighted by Crippen LogP contribution is -2.08. The Balaban J connectivity index is 2.12. The van der Waals surface area contributed by atoms with E-state index in [0.717, 1.165) is 20.3 Å². The minimum Gasteiger partial charge on any atom is -0.489 e. The molecule has 0 bridgehead atoms. The van der Waals surface area contributed by atoms with E-state index in [-0.39, 0.29) is 6.10 Å². The smallest absolute Gasteiger partial charge is 0.242 e. The predicted molar refractivity (Wildman–Crippen MR) is 83.7 cm³/mol. The van der Waals surface area contributed by atoms with Crippen LogP contribution in [0.2, 0.25) is 0 Å². The summed E-state index contributed by atoms with van der Waals surface area (Å²) in [6.07, 6.45) is 0.122. The number of aromatic nitrogens is 4. The second-order valence-electron chi connectivity index (χ2n) is 4.53. The largest absolute Gasteiger partial charge is 0.489 e. The molecular weight excluding hydrogens is 390 g/mol. The number of halogens is 2. The van der Waals surface area contributed by atoms with Crippen molar-refractivity contribution >= 4 is 37.8 Å². The van der Waals surface area contributed by atoms with Gasteiger partial charge in [0.05, 0.1) is 15.0 Å². The number of hydrogen-bond donors (Lipinski definition) is 1. The fourth-order valence-electron chi connectivity index (χ4n) is 1.62. The van der Waals surface area contributed by atoms with Crippen molar-refractivity contribution in [2.24, 2.45) is 7.05 Å². The Morgan fingerprint density at radius 1 is 1.30 bits per heavy atom. The molecule has 108 valence electrons. The van der Waals surface area contributed by atoms with Crippen molar-refractivity contribution in [3.63, 3.8) is 0 Å². The van der Waals surface area contributed by atoms with Crippen LogP contribution in [0.5, 0.6) is 5.75 Å². The third-order valence-electron chi connectivity index (χ3n) is 2.48. The monoisotopic (exact) mass is 403 g/mol. The summed E-state index contributed by atoms with van der Waals surface area (Å²) in [6, 6.07) is 4.03. The molecule has 6 nitrogen and oxygen atoms in total. The fourth-order valence-corrected chi connectivity index (χ4v) is 3.09. The van der Waals surface area contributed by atoms with Crippen LogP contribution < -0.4 is 10.1 Å². The van der Waals surface area contributed by atoms with E-state index in [1.54, 1.807) is 11.7 Å². The number of ether oxygens (including phenoxy) is 1. The first-order valence-corrected chi connectivity index (χ1v) is 7.66. The fraction of sp³-hybridized carbons (Fsp3) is 0.417. The van der Waals surface area contributed by atoms with E-state index in [9.17, 15) is 0 Å². The predicted octanol–water partition coefficient (Wildman–Crippen LogP) is 3.13. The van der Waals surface area contributed by atoms with Gasteiger partial charge in [-0.05, 0) is 73.8 Å². The summed E-state index contributed by atoms with van der Waals surface area (Å²) in [6.45, 7) is 4.61. The van der Waals surface area contributed by atoms with Gasteiger partial charge in [0.1, 0.15) is 5.75 Å². The van der Waals surface area contributed by atoms with Crippen LogP contribution in [0.25, 0.3) is 0 Å². The highest BCUT2D eigenvalue weighted by Gasteiger charge is 2.11. The summed E-state index contributed by atoms with van der Waals surface area (Å²) in [7, 11) is 1.79. The van der Waals surface area contributed by atoms with Gasteiger partial charge in [-0.15, -0.1) is 0 Å². The Morgan fingerprint density at radius 3 is 2.45 bits per heavy atom. The Labute approximate surface area is 134 Å². The summed E-state index contributed by atoms with van der Waals surface area (Å²) in [5, 5.41) is 14.4. The van der Waals surface area contributed by atoms with Gasteiger partial charge in [0.15, 0.2) is 0 Å². The molecule has 0 saturated carbocycles. The zero-order valence-corrected chi connectivity index (χ0v) is 14.6. The highest BCUT2D eigenvalue weighted by atomic mass is 79.9. The van der Waals surface area contributed by atoms with Crippen molar-refractivity contribution in [3.8, 4) is 5.75 Å². The quantitative estimate of drug-likeness (QED) is 0.829. The van der Waals surface area contributed by atoms with Gasteiger partial charge in [0, 0.05) is 13.6 Å². The van der Waals surface area contributed by atoms with Gasteiger partial charge in [0.2, 0.25) is 5.95 Å². The lowest BCUT2D eigenvalue weighted by molar-refractivity contribution is 0.239. The highest BCUT2D eigenvalue weighted by molar-refractivity contribution is 9.11. The van der Waals surface area contributed by atoms with E-state index in [0.29, 0.717) is 12.5 Å². The molecule has 0 unspecified atom stereocenters. The van der Waals surface area contributed by atoms with Crippen LogP contribution in [-0.2, 0) is 13.6 Å². The molecule has 0 spiro atoms. The van der Waals surface area contributed by atoms with Gasteiger partial charge in [-0.1, -0.05) is 5.10 Å². The molecule has 20 heavy (non-hydrogen) atoms. The van der Waals surface area contributed by atoms with E-state index in [4.69, 9.17) is 4.74 Å². The van der Waals surface area contributed by atoms with E-state index in [1.807, 2.05) is 26.0 Å². The molecule has 0 saturated heterocycles. The average molecular weight is 405 g/mol. The van der Waals surface area contributed by atoms with Crippen molar-refractivity contribution in [2.45, 2.75) is 26.5 Å². The summed E-state index contributed by atoms with van der Waals surface area (Å²) in [5.41, 5.74) is 1.09. The molecule has 2 rings (SSSR count). The first-order valence-electron chi connectivity index (χ1n) is 6.08. The van der Waals surface area contributed by atoms with Crippen LogP contribution >= 0.6 is 31.9 Å². The van der Waals surface area contributed by atoms with Gasteiger partial charge in [-0.2, -0.15) is 0 Å². The summed E-state index contributed by atoms with van der Waals surface area (Å²) in [4.78, 5) is 0. The number of anilines is 1. The van der Waals surface area contributed by atoms with Crippen molar-refractivity contribution in [1.29, 1.82) is 0 Å². The third kappa shape index (κ3) is 3.69. The molecule has 1 aromatic carbocycles. The molecule has 1 heterocycles. The van der Waals surface area contributed by atoms with Crippen LogP contribution in [0.4, 0.5) is 5.95 Å². The van der Waals surface area contributed by atoms with E-state index < -0.39 is 0 Å². The Hall–Kier alpha value is -1.15. The lowest BCUT2D eigenvalue weighted by Gasteiger charge is -2.15. The topological polar surface area (TPSA) is 64.9 Å². The minimum atomic E-state index is 0.122. The molecular formula is C12H15Br2N5O. The van der Waals surface area contributed by atoms with Crippen molar-refractivity contribution < 1.29 is 4.74 Å². The molecule has 0 aliphatic heterocycles. The standard InChI is InChI=1S/C12H15Br2N5O/c1-7(2)20-11-9(13)4-8(5-10(11)14)6-15-12-16-17-18-19(12)3/h4-5,7H,6H2,1-3H3,(H,15,16,18). The van der Waals surface area contributed by atoms with Crippen LogP contribution in [0.1, 0.15) is 19.4 Å². The van der Waals surface area contributed by atoms with Gasteiger partial charge in [-0.25, -0.2) is 4.68 Å². The van der Waals surface area contributed by atoms with E-state index >= 15 is 0 Å². The molecule has 0 atom stereocenters. The third-order valence-corrected chi connectivity index (χ3v) is 3.66. The first-order chi connectivity index (χ1) is 9.47. The molecule has 0 aliphatic rings. The van der Waals surface area contributed by atoms with Crippen LogP contribution in [0.15, 0.2) is 21.1 Å². The molecule has 0 radical (unpaired) electrons. The van der Waals surface area contributed by atoms with Crippen LogP contribution in [0.3, 0.4) is 0 Å².